The second-order valence-corrected chi connectivity index (χ2v) is 7.88. The lowest BCUT2D eigenvalue weighted by molar-refractivity contribution is 0.0955. The van der Waals surface area contributed by atoms with Crippen LogP contribution in [0.2, 0.25) is 0 Å². The van der Waals surface area contributed by atoms with Crippen LogP contribution < -0.4 is 10.1 Å². The van der Waals surface area contributed by atoms with Crippen LogP contribution in [0.1, 0.15) is 28.6 Å². The van der Waals surface area contributed by atoms with Crippen LogP contribution in [0.3, 0.4) is 0 Å². The molecule has 0 fully saturated rings. The summed E-state index contributed by atoms with van der Waals surface area (Å²) in [5.74, 6) is 0.151. The molecule has 1 amide bonds. The lowest BCUT2D eigenvalue weighted by Crippen LogP contribution is -2.23. The van der Waals surface area contributed by atoms with Gasteiger partial charge in [-0.3, -0.25) is 4.79 Å². The topological polar surface area (TPSA) is 121 Å². The molecule has 0 unspecified atom stereocenters. The van der Waals surface area contributed by atoms with Gasteiger partial charge in [0.1, 0.15) is 11.5 Å². The van der Waals surface area contributed by atoms with Crippen molar-refractivity contribution in [1.29, 1.82) is 0 Å². The Morgan fingerprint density at radius 3 is 2.31 bits per heavy atom. The third-order valence-electron chi connectivity index (χ3n) is 4.05. The summed E-state index contributed by atoms with van der Waals surface area (Å²) in [6.07, 6.45) is 1.47. The van der Waals surface area contributed by atoms with Crippen LogP contribution in [0.5, 0.6) is 5.75 Å². The van der Waals surface area contributed by atoms with Crippen molar-refractivity contribution >= 4 is 21.6 Å². The van der Waals surface area contributed by atoms with Crippen molar-refractivity contribution in [1.82, 2.24) is 10.1 Å². The van der Waals surface area contributed by atoms with Crippen LogP contribution in [0.4, 0.5) is 0 Å². The van der Waals surface area contributed by atoms with E-state index in [4.69, 9.17) is 4.42 Å². The Bertz CT molecular complexity index is 1100. The van der Waals surface area contributed by atoms with Gasteiger partial charge < -0.3 is 9.52 Å². The van der Waals surface area contributed by atoms with E-state index in [1.54, 1.807) is 31.2 Å². The molecule has 0 aliphatic heterocycles. The lowest BCUT2D eigenvalue weighted by atomic mass is 10.1. The first-order valence-electron chi connectivity index (χ1n) is 8.61. The van der Waals surface area contributed by atoms with Gasteiger partial charge in [-0.25, -0.2) is 18.6 Å². The fraction of sp³-hybridized carbons (Fsp3) is 0.100. The van der Waals surface area contributed by atoms with E-state index in [1.807, 2.05) is 0 Å². The summed E-state index contributed by atoms with van der Waals surface area (Å²) in [6.45, 7) is 1.75. The fourth-order valence-corrected chi connectivity index (χ4v) is 3.41. The summed E-state index contributed by atoms with van der Waals surface area (Å²) >= 11 is 0. The van der Waals surface area contributed by atoms with E-state index < -0.39 is 15.9 Å². The van der Waals surface area contributed by atoms with E-state index in [9.17, 15) is 18.3 Å². The van der Waals surface area contributed by atoms with Crippen molar-refractivity contribution in [3.63, 3.8) is 0 Å². The summed E-state index contributed by atoms with van der Waals surface area (Å²) in [4.78, 5) is 12.2. The number of nitrogens with one attached hydrogen (secondary N) is 2. The van der Waals surface area contributed by atoms with Gasteiger partial charge in [-0.2, -0.15) is 5.10 Å². The Hall–Kier alpha value is -3.43. The average molecular weight is 413 g/mol. The maximum absolute atomic E-state index is 12.3. The molecule has 2 aromatic carbocycles. The molecule has 3 aromatic rings. The molecule has 1 heterocycles. The molecule has 1 aromatic heterocycles. The highest BCUT2D eigenvalue weighted by atomic mass is 32.2. The average Bonchev–Trinajstić information content (AvgIpc) is 3.25. The van der Waals surface area contributed by atoms with Crippen molar-refractivity contribution in [2.45, 2.75) is 18.4 Å². The van der Waals surface area contributed by atoms with Crippen LogP contribution in [-0.4, -0.2) is 25.1 Å². The number of hydrogen-bond donors (Lipinski definition) is 3. The van der Waals surface area contributed by atoms with Crippen molar-refractivity contribution < 1.29 is 22.7 Å². The molecule has 0 radical (unpaired) electrons. The zero-order valence-electron chi connectivity index (χ0n) is 15.5. The van der Waals surface area contributed by atoms with Crippen molar-refractivity contribution in [3.8, 4) is 5.75 Å². The molecule has 150 valence electrons. The first kappa shape index (κ1) is 20.3. The minimum atomic E-state index is -3.68. The Balaban J connectivity index is 1.64. The maximum atomic E-state index is 12.3. The highest BCUT2D eigenvalue weighted by molar-refractivity contribution is 7.89. The smallest absolute Gasteiger partial charge is 0.271 e. The van der Waals surface area contributed by atoms with Gasteiger partial charge in [0.05, 0.1) is 23.4 Å². The Morgan fingerprint density at radius 2 is 1.69 bits per heavy atom. The third kappa shape index (κ3) is 5.31. The molecule has 29 heavy (non-hydrogen) atoms. The zero-order chi connectivity index (χ0) is 20.9. The van der Waals surface area contributed by atoms with Crippen molar-refractivity contribution in [2.75, 3.05) is 0 Å². The van der Waals surface area contributed by atoms with Gasteiger partial charge in [0.25, 0.3) is 5.91 Å². The van der Waals surface area contributed by atoms with Crippen LogP contribution in [-0.2, 0) is 16.6 Å². The van der Waals surface area contributed by atoms with Crippen LogP contribution in [0.25, 0.3) is 0 Å². The van der Waals surface area contributed by atoms with E-state index >= 15 is 0 Å². The summed E-state index contributed by atoms with van der Waals surface area (Å²) < 4.78 is 32.3. The molecule has 0 atom stereocenters. The van der Waals surface area contributed by atoms with E-state index in [0.717, 1.165) is 0 Å². The molecule has 3 rings (SSSR count). The molecule has 8 nitrogen and oxygen atoms in total. The van der Waals surface area contributed by atoms with Gasteiger partial charge in [-0.05, 0) is 61.0 Å². The molecule has 3 N–H and O–H groups in total. The number of rotatable bonds is 7. The number of phenols is 1. The molecule has 0 aliphatic carbocycles. The number of furan rings is 1. The second-order valence-electron chi connectivity index (χ2n) is 6.11. The van der Waals surface area contributed by atoms with Crippen LogP contribution >= 0.6 is 0 Å². The Labute approximate surface area is 167 Å². The summed E-state index contributed by atoms with van der Waals surface area (Å²) in [5, 5.41) is 13.3. The number of hydrogen-bond acceptors (Lipinski definition) is 6. The maximum Gasteiger partial charge on any atom is 0.271 e. The van der Waals surface area contributed by atoms with Gasteiger partial charge in [0.15, 0.2) is 0 Å². The fourth-order valence-electron chi connectivity index (χ4n) is 2.41. The highest BCUT2D eigenvalue weighted by Crippen LogP contribution is 2.13. The number of hydrazone groups is 1. The van der Waals surface area contributed by atoms with E-state index in [-0.39, 0.29) is 17.2 Å². The number of aromatic hydroxyl groups is 1. The second kappa shape index (κ2) is 8.72. The summed E-state index contributed by atoms with van der Waals surface area (Å²) in [5.41, 5.74) is 3.93. The summed E-state index contributed by atoms with van der Waals surface area (Å²) in [6, 6.07) is 15.3. The third-order valence-corrected chi connectivity index (χ3v) is 5.47. The Kier molecular flexibility index (Phi) is 6.10. The first-order chi connectivity index (χ1) is 13.8. The molecule has 0 saturated heterocycles. The number of phenolic OH excluding ortho intramolecular Hbond substituents is 1. The van der Waals surface area contributed by atoms with Crippen LogP contribution in [0.15, 0.2) is 81.3 Å². The highest BCUT2D eigenvalue weighted by Gasteiger charge is 2.14. The summed E-state index contributed by atoms with van der Waals surface area (Å²) in [7, 11) is -3.68. The van der Waals surface area contributed by atoms with Crippen LogP contribution in [0, 0.1) is 0 Å². The van der Waals surface area contributed by atoms with Gasteiger partial charge in [-0.1, -0.05) is 12.1 Å². The van der Waals surface area contributed by atoms with Gasteiger partial charge in [0.2, 0.25) is 10.0 Å². The molecule has 0 spiro atoms. The monoisotopic (exact) mass is 413 g/mol. The molecule has 0 bridgehead atoms. The van der Waals surface area contributed by atoms with Crippen molar-refractivity contribution in [2.24, 2.45) is 5.10 Å². The lowest BCUT2D eigenvalue weighted by Gasteiger charge is -2.07. The predicted octanol–water partition coefficient (Wildman–Crippen LogP) is 2.62. The van der Waals surface area contributed by atoms with E-state index in [2.05, 4.69) is 15.2 Å². The number of benzene rings is 2. The number of carbonyl (C=O) groups excluding carboxylic acids is 1. The quantitative estimate of drug-likeness (QED) is 0.406. The number of nitrogens with zero attached hydrogens (tertiary/aromatic N) is 1. The van der Waals surface area contributed by atoms with E-state index in [1.165, 1.54) is 42.7 Å². The molecular weight excluding hydrogens is 394 g/mol. The Morgan fingerprint density at radius 1 is 1.03 bits per heavy atom. The van der Waals surface area contributed by atoms with Gasteiger partial charge in [-0.15, -0.1) is 0 Å². The van der Waals surface area contributed by atoms with E-state index in [0.29, 0.717) is 22.6 Å². The normalized spacial score (nSPS) is 12.0. The van der Waals surface area contributed by atoms with Crippen molar-refractivity contribution in [3.05, 3.63) is 83.8 Å². The standard InChI is InChI=1S/C20H19N3O5S/c1-14(22-23-20(25)16-4-8-17(24)9-5-16)15-6-10-19(11-7-15)29(26,27)21-13-18-3-2-12-28-18/h2-12,21,24H,13H2,1H3,(H,23,25)/b22-14+. The van der Waals surface area contributed by atoms with Gasteiger partial charge in [0, 0.05) is 5.56 Å². The minimum absolute atomic E-state index is 0.0564. The number of sulfonamides is 1. The van der Waals surface area contributed by atoms with Gasteiger partial charge >= 0.3 is 0 Å². The minimum Gasteiger partial charge on any atom is -0.508 e. The number of amides is 1. The molecule has 0 saturated carbocycles. The molecular formula is C20H19N3O5S. The largest absolute Gasteiger partial charge is 0.508 e. The molecule has 9 heteroatoms. The first-order valence-corrected chi connectivity index (χ1v) is 10.1. The number of carbonyl (C=O) groups is 1. The SMILES string of the molecule is C/C(=N\NC(=O)c1ccc(O)cc1)c1ccc(S(=O)(=O)NCc2ccco2)cc1. The zero-order valence-corrected chi connectivity index (χ0v) is 16.3. The molecule has 0 aliphatic rings. The predicted molar refractivity (Wildman–Crippen MR) is 107 cm³/mol.